The molecule has 0 bridgehead atoms. The lowest BCUT2D eigenvalue weighted by Gasteiger charge is -2.22. The van der Waals surface area contributed by atoms with Crippen LogP contribution in [0.2, 0.25) is 0 Å². The van der Waals surface area contributed by atoms with Crippen molar-refractivity contribution in [3.8, 4) is 5.75 Å². The summed E-state index contributed by atoms with van der Waals surface area (Å²) in [5, 5.41) is 6.99. The number of nitrogens with one attached hydrogen (secondary N) is 2. The quantitative estimate of drug-likeness (QED) is 0.386. The number of methoxy groups -OCH3 is 1. The van der Waals surface area contributed by atoms with Crippen molar-refractivity contribution in [1.82, 2.24) is 20.2 Å². The number of imidazole rings is 1. The van der Waals surface area contributed by atoms with Crippen LogP contribution in [0.15, 0.2) is 41.7 Å². The Bertz CT molecular complexity index is 787. The number of anilines is 1. The SMILES string of the molecule is CCNC(=NCCCCn1ccnc1C)NC1CCN(c2ccccc2OC)C1. The van der Waals surface area contributed by atoms with Gasteiger partial charge in [-0.2, -0.15) is 0 Å². The molecule has 1 aliphatic heterocycles. The molecule has 1 aromatic heterocycles. The number of aryl methyl sites for hydroxylation is 2. The molecule has 1 aromatic carbocycles. The molecule has 0 aliphatic carbocycles. The molecule has 1 fully saturated rings. The van der Waals surface area contributed by atoms with E-state index in [1.165, 1.54) is 0 Å². The molecule has 7 heteroatoms. The summed E-state index contributed by atoms with van der Waals surface area (Å²) in [6, 6.07) is 8.61. The van der Waals surface area contributed by atoms with Gasteiger partial charge in [-0.1, -0.05) is 12.1 Å². The number of unbranched alkanes of at least 4 members (excludes halogenated alkanes) is 1. The second-order valence-corrected chi connectivity index (χ2v) is 7.38. The summed E-state index contributed by atoms with van der Waals surface area (Å²) in [6.45, 7) is 8.80. The second-order valence-electron chi connectivity index (χ2n) is 7.38. The Balaban J connectivity index is 1.47. The molecule has 2 heterocycles. The Morgan fingerprint density at radius 1 is 1.31 bits per heavy atom. The minimum atomic E-state index is 0.381. The maximum atomic E-state index is 5.52. The van der Waals surface area contributed by atoms with Gasteiger partial charge >= 0.3 is 0 Å². The Morgan fingerprint density at radius 3 is 2.93 bits per heavy atom. The molecule has 0 saturated carbocycles. The van der Waals surface area contributed by atoms with E-state index in [1.54, 1.807) is 7.11 Å². The maximum Gasteiger partial charge on any atom is 0.191 e. The highest BCUT2D eigenvalue weighted by Crippen LogP contribution is 2.30. The van der Waals surface area contributed by atoms with Crippen LogP contribution in [0.3, 0.4) is 0 Å². The van der Waals surface area contributed by atoms with Crippen molar-refractivity contribution in [1.29, 1.82) is 0 Å². The van der Waals surface area contributed by atoms with Crippen LogP contribution < -0.4 is 20.3 Å². The second kappa shape index (κ2) is 10.7. The maximum absolute atomic E-state index is 5.52. The van der Waals surface area contributed by atoms with Gasteiger partial charge in [-0.05, 0) is 45.2 Å². The average molecular weight is 399 g/mol. The standard InChI is InChI=1S/C22H34N6O/c1-4-23-22(25-12-7-8-14-27-16-13-24-18(27)2)26-19-11-15-28(17-19)20-9-5-6-10-21(20)29-3/h5-6,9-10,13,16,19H,4,7-8,11-12,14-15,17H2,1-3H3,(H2,23,25,26). The van der Waals surface area contributed by atoms with Gasteiger partial charge in [0.25, 0.3) is 0 Å². The van der Waals surface area contributed by atoms with E-state index in [2.05, 4.69) is 44.1 Å². The third-order valence-electron chi connectivity index (χ3n) is 5.30. The average Bonchev–Trinajstić information content (AvgIpc) is 3.37. The van der Waals surface area contributed by atoms with Crippen LogP contribution in [-0.4, -0.2) is 54.8 Å². The molecule has 1 atom stereocenters. The molecule has 7 nitrogen and oxygen atoms in total. The molecular formula is C22H34N6O. The zero-order valence-electron chi connectivity index (χ0n) is 17.9. The monoisotopic (exact) mass is 398 g/mol. The zero-order chi connectivity index (χ0) is 20.5. The molecule has 29 heavy (non-hydrogen) atoms. The predicted octanol–water partition coefficient (Wildman–Crippen LogP) is 2.81. The molecule has 1 unspecified atom stereocenters. The predicted molar refractivity (Wildman–Crippen MR) is 119 cm³/mol. The van der Waals surface area contributed by atoms with Crippen LogP contribution in [-0.2, 0) is 6.54 Å². The van der Waals surface area contributed by atoms with Crippen LogP contribution in [0.25, 0.3) is 0 Å². The first kappa shape index (κ1) is 21.0. The summed E-state index contributed by atoms with van der Waals surface area (Å²) in [5.74, 6) is 2.92. The number of para-hydroxylation sites is 2. The van der Waals surface area contributed by atoms with E-state index in [4.69, 9.17) is 9.73 Å². The summed E-state index contributed by atoms with van der Waals surface area (Å²) < 4.78 is 7.71. The molecule has 1 saturated heterocycles. The smallest absolute Gasteiger partial charge is 0.191 e. The first-order valence-corrected chi connectivity index (χ1v) is 10.6. The molecule has 3 rings (SSSR count). The number of guanidine groups is 1. The van der Waals surface area contributed by atoms with E-state index in [0.717, 1.165) is 75.2 Å². The fourth-order valence-electron chi connectivity index (χ4n) is 3.73. The number of aromatic nitrogens is 2. The molecule has 0 radical (unpaired) electrons. The number of nitrogens with zero attached hydrogens (tertiary/aromatic N) is 4. The van der Waals surface area contributed by atoms with Gasteiger partial charge < -0.3 is 24.8 Å². The van der Waals surface area contributed by atoms with E-state index < -0.39 is 0 Å². The topological polar surface area (TPSA) is 66.7 Å². The largest absolute Gasteiger partial charge is 0.495 e. The third-order valence-corrected chi connectivity index (χ3v) is 5.30. The van der Waals surface area contributed by atoms with E-state index >= 15 is 0 Å². The third kappa shape index (κ3) is 5.89. The summed E-state index contributed by atoms with van der Waals surface area (Å²) >= 11 is 0. The minimum absolute atomic E-state index is 0.381. The van der Waals surface area contributed by atoms with Gasteiger partial charge in [0.1, 0.15) is 11.6 Å². The summed E-state index contributed by atoms with van der Waals surface area (Å²) in [4.78, 5) is 11.4. The fourth-order valence-corrected chi connectivity index (χ4v) is 3.73. The van der Waals surface area contributed by atoms with Crippen LogP contribution in [0.5, 0.6) is 5.75 Å². The molecule has 1 aliphatic rings. The Morgan fingerprint density at radius 2 is 2.17 bits per heavy atom. The van der Waals surface area contributed by atoms with E-state index in [9.17, 15) is 0 Å². The van der Waals surface area contributed by atoms with Gasteiger partial charge in [0.2, 0.25) is 0 Å². The van der Waals surface area contributed by atoms with Crippen LogP contribution in [0, 0.1) is 6.92 Å². The van der Waals surface area contributed by atoms with Gasteiger partial charge in [0.05, 0.1) is 12.8 Å². The molecular weight excluding hydrogens is 364 g/mol. The van der Waals surface area contributed by atoms with E-state index in [0.29, 0.717) is 6.04 Å². The number of aliphatic imine (C=N–C) groups is 1. The van der Waals surface area contributed by atoms with Crippen molar-refractivity contribution in [2.75, 3.05) is 38.2 Å². The van der Waals surface area contributed by atoms with E-state index in [-0.39, 0.29) is 0 Å². The number of hydrogen-bond acceptors (Lipinski definition) is 4. The molecule has 2 N–H and O–H groups in total. The van der Waals surface area contributed by atoms with Gasteiger partial charge in [-0.3, -0.25) is 4.99 Å². The number of hydrogen-bond donors (Lipinski definition) is 2. The van der Waals surface area contributed by atoms with Gasteiger partial charge in [-0.15, -0.1) is 0 Å². The van der Waals surface area contributed by atoms with Gasteiger partial charge in [-0.25, -0.2) is 4.98 Å². The van der Waals surface area contributed by atoms with Crippen molar-refractivity contribution in [3.63, 3.8) is 0 Å². The molecule has 2 aromatic rings. The number of rotatable bonds is 9. The van der Waals surface area contributed by atoms with Crippen molar-refractivity contribution in [2.45, 2.75) is 45.7 Å². The van der Waals surface area contributed by atoms with Crippen LogP contribution in [0.1, 0.15) is 32.0 Å². The zero-order valence-corrected chi connectivity index (χ0v) is 17.9. The lowest BCUT2D eigenvalue weighted by Crippen LogP contribution is -2.44. The van der Waals surface area contributed by atoms with Crippen LogP contribution >= 0.6 is 0 Å². The van der Waals surface area contributed by atoms with Crippen molar-refractivity contribution < 1.29 is 4.74 Å². The first-order chi connectivity index (χ1) is 14.2. The lowest BCUT2D eigenvalue weighted by atomic mass is 10.2. The minimum Gasteiger partial charge on any atom is -0.495 e. The fraction of sp³-hybridized carbons (Fsp3) is 0.545. The highest BCUT2D eigenvalue weighted by Gasteiger charge is 2.25. The highest BCUT2D eigenvalue weighted by atomic mass is 16.5. The van der Waals surface area contributed by atoms with Crippen molar-refractivity contribution >= 4 is 11.6 Å². The van der Waals surface area contributed by atoms with Crippen molar-refractivity contribution in [2.24, 2.45) is 4.99 Å². The Labute approximate surface area is 174 Å². The van der Waals surface area contributed by atoms with E-state index in [1.807, 2.05) is 31.5 Å². The van der Waals surface area contributed by atoms with Crippen molar-refractivity contribution in [3.05, 3.63) is 42.5 Å². The molecule has 0 amide bonds. The molecule has 0 spiro atoms. The Hall–Kier alpha value is -2.70. The normalized spacial score (nSPS) is 16.9. The lowest BCUT2D eigenvalue weighted by molar-refractivity contribution is 0.415. The first-order valence-electron chi connectivity index (χ1n) is 10.6. The summed E-state index contributed by atoms with van der Waals surface area (Å²) in [5.41, 5.74) is 1.16. The molecule has 158 valence electrons. The Kier molecular flexibility index (Phi) is 7.78. The number of benzene rings is 1. The van der Waals surface area contributed by atoms with Crippen LogP contribution in [0.4, 0.5) is 5.69 Å². The number of ether oxygens (including phenoxy) is 1. The summed E-state index contributed by atoms with van der Waals surface area (Å²) in [7, 11) is 1.73. The van der Waals surface area contributed by atoms with Gasteiger partial charge in [0.15, 0.2) is 5.96 Å². The van der Waals surface area contributed by atoms with Gasteiger partial charge in [0, 0.05) is 51.2 Å². The highest BCUT2D eigenvalue weighted by molar-refractivity contribution is 5.80. The summed E-state index contributed by atoms with van der Waals surface area (Å²) in [6.07, 6.45) is 7.15.